The summed E-state index contributed by atoms with van der Waals surface area (Å²) in [6.45, 7) is 4.70. The van der Waals surface area contributed by atoms with E-state index in [1.54, 1.807) is 28.6 Å². The lowest BCUT2D eigenvalue weighted by Gasteiger charge is -2.32. The largest absolute Gasteiger partial charge is 0.372 e. The van der Waals surface area contributed by atoms with E-state index in [9.17, 15) is 8.42 Å². The molecule has 1 fully saturated rings. The first-order chi connectivity index (χ1) is 17.2. The quantitative estimate of drug-likeness (QED) is 0.398. The lowest BCUT2D eigenvalue weighted by molar-refractivity contribution is 0.316. The van der Waals surface area contributed by atoms with Crippen LogP contribution in [-0.4, -0.2) is 75.8 Å². The van der Waals surface area contributed by atoms with Crippen LogP contribution in [0.3, 0.4) is 0 Å². The van der Waals surface area contributed by atoms with E-state index in [-0.39, 0.29) is 6.04 Å². The average molecular weight is 512 g/mol. The molecular formula is C28H41N5O2S. The van der Waals surface area contributed by atoms with Gasteiger partial charge in [-0.3, -0.25) is 0 Å². The van der Waals surface area contributed by atoms with Gasteiger partial charge in [0.05, 0.1) is 10.6 Å². The van der Waals surface area contributed by atoms with Crippen molar-refractivity contribution in [1.82, 2.24) is 14.1 Å². The van der Waals surface area contributed by atoms with Crippen molar-refractivity contribution in [2.24, 2.45) is 4.99 Å². The monoisotopic (exact) mass is 511 g/mol. The minimum Gasteiger partial charge on any atom is -0.372 e. The van der Waals surface area contributed by atoms with Gasteiger partial charge < -0.3 is 14.7 Å². The zero-order chi connectivity index (χ0) is 25.9. The van der Waals surface area contributed by atoms with E-state index in [0.717, 1.165) is 68.8 Å². The number of anilines is 1. The highest BCUT2D eigenvalue weighted by atomic mass is 32.2. The first kappa shape index (κ1) is 26.5. The third kappa shape index (κ3) is 5.70. The van der Waals surface area contributed by atoms with Crippen LogP contribution in [0.25, 0.3) is 0 Å². The summed E-state index contributed by atoms with van der Waals surface area (Å²) in [5, 5.41) is 0. The van der Waals surface area contributed by atoms with E-state index in [1.165, 1.54) is 11.3 Å². The van der Waals surface area contributed by atoms with Crippen molar-refractivity contribution in [2.45, 2.75) is 62.9 Å². The maximum atomic E-state index is 13.9. The SMILES string of the molecule is CCN1CCCc2cc(CN(C3CCCC3)S(=O)(=O)c3ccc(N=C(N(C)C)N(C)C)cc3)ccc21. The number of hydrogen-bond donors (Lipinski definition) is 0. The van der Waals surface area contributed by atoms with Gasteiger partial charge in [-0.15, -0.1) is 0 Å². The van der Waals surface area contributed by atoms with Gasteiger partial charge in [-0.1, -0.05) is 25.0 Å². The second-order valence-corrected chi connectivity index (χ2v) is 12.2. The van der Waals surface area contributed by atoms with E-state index in [2.05, 4.69) is 35.0 Å². The minimum absolute atomic E-state index is 0.0463. The van der Waals surface area contributed by atoms with Crippen LogP contribution in [0.5, 0.6) is 0 Å². The lowest BCUT2D eigenvalue weighted by atomic mass is 9.99. The second kappa shape index (κ2) is 11.2. The van der Waals surface area contributed by atoms with Crippen molar-refractivity contribution in [3.05, 3.63) is 53.6 Å². The van der Waals surface area contributed by atoms with Crippen LogP contribution in [-0.2, 0) is 23.0 Å². The fraction of sp³-hybridized carbons (Fsp3) is 0.536. The maximum absolute atomic E-state index is 13.9. The highest BCUT2D eigenvalue weighted by molar-refractivity contribution is 7.89. The number of aliphatic imine (C=N–C) groups is 1. The van der Waals surface area contributed by atoms with Gasteiger partial charge in [0, 0.05) is 59.6 Å². The summed E-state index contributed by atoms with van der Waals surface area (Å²) in [6.07, 6.45) is 6.21. The number of sulfonamides is 1. The molecule has 0 spiro atoms. The van der Waals surface area contributed by atoms with Crippen molar-refractivity contribution in [3.8, 4) is 0 Å². The summed E-state index contributed by atoms with van der Waals surface area (Å²) in [5.74, 6) is 0.798. The van der Waals surface area contributed by atoms with Crippen molar-refractivity contribution in [3.63, 3.8) is 0 Å². The summed E-state index contributed by atoms with van der Waals surface area (Å²) in [7, 11) is 4.12. The third-order valence-electron chi connectivity index (χ3n) is 7.28. The van der Waals surface area contributed by atoms with Crippen LogP contribution in [0.2, 0.25) is 0 Å². The standard InChI is InChI=1S/C28H41N5O2S/c1-6-32-19-9-10-23-20-22(13-18-27(23)32)21-33(25-11-7-8-12-25)36(34,35)26-16-14-24(15-17-26)29-28(30(2)3)31(4)5/h13-18,20,25H,6-12,19,21H2,1-5H3. The van der Waals surface area contributed by atoms with E-state index < -0.39 is 10.0 Å². The predicted molar refractivity (Wildman–Crippen MR) is 149 cm³/mol. The molecule has 0 amide bonds. The molecule has 0 bridgehead atoms. The van der Waals surface area contributed by atoms with Gasteiger partial charge in [-0.25, -0.2) is 13.4 Å². The number of rotatable bonds is 7. The number of benzene rings is 2. The van der Waals surface area contributed by atoms with Crippen molar-refractivity contribution >= 4 is 27.4 Å². The van der Waals surface area contributed by atoms with Gasteiger partial charge in [0.1, 0.15) is 0 Å². The topological polar surface area (TPSA) is 59.5 Å². The van der Waals surface area contributed by atoms with Crippen LogP contribution in [0.15, 0.2) is 52.4 Å². The fourth-order valence-corrected chi connectivity index (χ4v) is 7.15. The van der Waals surface area contributed by atoms with Crippen molar-refractivity contribution in [2.75, 3.05) is 46.2 Å². The molecule has 2 aromatic rings. The molecular weight excluding hydrogens is 470 g/mol. The van der Waals surface area contributed by atoms with Gasteiger partial charge in [0.25, 0.3) is 0 Å². The number of guanidine groups is 1. The Kier molecular flexibility index (Phi) is 8.25. The van der Waals surface area contributed by atoms with Crippen LogP contribution >= 0.6 is 0 Å². The summed E-state index contributed by atoms with van der Waals surface area (Å²) in [4.78, 5) is 11.3. The molecule has 8 heteroatoms. The molecule has 0 radical (unpaired) electrons. The van der Waals surface area contributed by atoms with Gasteiger partial charge in [0.2, 0.25) is 16.0 Å². The number of nitrogens with zero attached hydrogens (tertiary/aromatic N) is 5. The van der Waals surface area contributed by atoms with Gasteiger partial charge in [0.15, 0.2) is 0 Å². The Bertz CT molecular complexity index is 1160. The van der Waals surface area contributed by atoms with E-state index >= 15 is 0 Å². The molecule has 2 aromatic carbocycles. The highest BCUT2D eigenvalue weighted by Gasteiger charge is 2.33. The smallest absolute Gasteiger partial charge is 0.243 e. The van der Waals surface area contributed by atoms with Crippen molar-refractivity contribution < 1.29 is 8.42 Å². The molecule has 7 nitrogen and oxygen atoms in total. The number of fused-ring (bicyclic) bond motifs is 1. The van der Waals surface area contributed by atoms with E-state index in [4.69, 9.17) is 0 Å². The fourth-order valence-electron chi connectivity index (χ4n) is 5.48. The molecule has 0 saturated heterocycles. The van der Waals surface area contributed by atoms with E-state index in [0.29, 0.717) is 11.4 Å². The van der Waals surface area contributed by atoms with Gasteiger partial charge >= 0.3 is 0 Å². The Morgan fingerprint density at radius 1 is 0.972 bits per heavy atom. The molecule has 0 atom stereocenters. The zero-order valence-electron chi connectivity index (χ0n) is 22.4. The lowest BCUT2D eigenvalue weighted by Crippen LogP contribution is -2.38. The molecule has 1 aliphatic heterocycles. The normalized spacial score (nSPS) is 16.2. The van der Waals surface area contributed by atoms with Crippen LogP contribution in [0.4, 0.5) is 11.4 Å². The summed E-state index contributed by atoms with van der Waals surface area (Å²) < 4.78 is 29.6. The van der Waals surface area contributed by atoms with Gasteiger partial charge in [-0.2, -0.15) is 4.31 Å². The molecule has 0 N–H and O–H groups in total. The predicted octanol–water partition coefficient (Wildman–Crippen LogP) is 4.70. The van der Waals surface area contributed by atoms with E-state index in [1.807, 2.05) is 38.0 Å². The van der Waals surface area contributed by atoms with Crippen LogP contribution < -0.4 is 4.90 Å². The van der Waals surface area contributed by atoms with Crippen molar-refractivity contribution in [1.29, 1.82) is 0 Å². The molecule has 0 unspecified atom stereocenters. The Morgan fingerprint density at radius 2 is 1.64 bits per heavy atom. The highest BCUT2D eigenvalue weighted by Crippen LogP contribution is 2.33. The second-order valence-electron chi connectivity index (χ2n) is 10.3. The Labute approximate surface area is 217 Å². The summed E-state index contributed by atoms with van der Waals surface area (Å²) >= 11 is 0. The molecule has 36 heavy (non-hydrogen) atoms. The summed E-state index contributed by atoms with van der Waals surface area (Å²) in [5.41, 5.74) is 4.44. The Hall–Kier alpha value is -2.58. The average Bonchev–Trinajstić information content (AvgIpc) is 3.39. The molecule has 1 saturated carbocycles. The minimum atomic E-state index is -3.64. The third-order valence-corrected chi connectivity index (χ3v) is 9.20. The summed E-state index contributed by atoms with van der Waals surface area (Å²) in [6, 6.07) is 13.6. The Morgan fingerprint density at radius 3 is 2.25 bits per heavy atom. The zero-order valence-corrected chi connectivity index (χ0v) is 23.3. The molecule has 1 aliphatic carbocycles. The molecule has 2 aliphatic rings. The van der Waals surface area contributed by atoms with Gasteiger partial charge in [-0.05, 0) is 74.1 Å². The molecule has 196 valence electrons. The first-order valence-corrected chi connectivity index (χ1v) is 14.6. The molecule has 4 rings (SSSR count). The molecule has 1 heterocycles. The maximum Gasteiger partial charge on any atom is 0.243 e. The van der Waals surface area contributed by atoms with Crippen LogP contribution in [0, 0.1) is 0 Å². The number of hydrogen-bond acceptors (Lipinski definition) is 4. The van der Waals surface area contributed by atoms with Crippen LogP contribution in [0.1, 0.15) is 50.2 Å². The number of aryl methyl sites for hydroxylation is 1. The Balaban J connectivity index is 1.62. The molecule has 0 aromatic heterocycles. The first-order valence-electron chi connectivity index (χ1n) is 13.1.